The van der Waals surface area contributed by atoms with Gasteiger partial charge in [0, 0.05) is 30.6 Å². The molecule has 0 aliphatic rings. The van der Waals surface area contributed by atoms with Crippen molar-refractivity contribution >= 4 is 22.9 Å². The second-order valence-corrected chi connectivity index (χ2v) is 5.41. The SMILES string of the molecule is CC(NCCc1nccs1)c1ccc(Cl)c(F)c1. The molecular weight excluding hydrogens is 271 g/mol. The maximum atomic E-state index is 13.3. The van der Waals surface area contributed by atoms with E-state index in [0.29, 0.717) is 0 Å². The Morgan fingerprint density at radius 2 is 2.33 bits per heavy atom. The van der Waals surface area contributed by atoms with E-state index in [1.807, 2.05) is 18.4 Å². The molecule has 0 aliphatic carbocycles. The molecule has 2 rings (SSSR count). The van der Waals surface area contributed by atoms with Gasteiger partial charge in [0.05, 0.1) is 10.0 Å². The lowest BCUT2D eigenvalue weighted by Crippen LogP contribution is -2.21. The van der Waals surface area contributed by atoms with Crippen LogP contribution in [-0.4, -0.2) is 11.5 Å². The summed E-state index contributed by atoms with van der Waals surface area (Å²) in [4.78, 5) is 4.21. The molecule has 0 amide bonds. The molecule has 0 fully saturated rings. The van der Waals surface area contributed by atoms with Crippen LogP contribution in [0.4, 0.5) is 4.39 Å². The molecule has 96 valence electrons. The second-order valence-electron chi connectivity index (χ2n) is 4.03. The molecule has 0 saturated carbocycles. The zero-order chi connectivity index (χ0) is 13.0. The van der Waals surface area contributed by atoms with Crippen molar-refractivity contribution < 1.29 is 4.39 Å². The number of aromatic nitrogens is 1. The van der Waals surface area contributed by atoms with Crippen LogP contribution >= 0.6 is 22.9 Å². The van der Waals surface area contributed by atoms with Gasteiger partial charge in [-0.1, -0.05) is 17.7 Å². The van der Waals surface area contributed by atoms with E-state index < -0.39 is 0 Å². The van der Waals surface area contributed by atoms with E-state index in [1.54, 1.807) is 23.6 Å². The fraction of sp³-hybridized carbons (Fsp3) is 0.308. The van der Waals surface area contributed by atoms with Crippen molar-refractivity contribution in [2.24, 2.45) is 0 Å². The third-order valence-electron chi connectivity index (χ3n) is 2.72. The van der Waals surface area contributed by atoms with Crippen molar-refractivity contribution in [2.45, 2.75) is 19.4 Å². The third kappa shape index (κ3) is 3.51. The van der Waals surface area contributed by atoms with Crippen molar-refractivity contribution in [1.82, 2.24) is 10.3 Å². The minimum absolute atomic E-state index is 0.0942. The van der Waals surface area contributed by atoms with Crippen LogP contribution in [0.25, 0.3) is 0 Å². The smallest absolute Gasteiger partial charge is 0.142 e. The first-order chi connectivity index (χ1) is 8.66. The normalized spacial score (nSPS) is 12.6. The first-order valence-corrected chi connectivity index (χ1v) is 6.99. The second kappa shape index (κ2) is 6.27. The molecule has 0 saturated heterocycles. The Hall–Kier alpha value is -0.970. The Morgan fingerprint density at radius 1 is 1.50 bits per heavy atom. The Balaban J connectivity index is 1.87. The summed E-state index contributed by atoms with van der Waals surface area (Å²) in [5.41, 5.74) is 0.899. The summed E-state index contributed by atoms with van der Waals surface area (Å²) >= 11 is 7.30. The minimum atomic E-state index is -0.372. The molecule has 0 radical (unpaired) electrons. The molecule has 0 spiro atoms. The van der Waals surface area contributed by atoms with Crippen molar-refractivity contribution in [3.63, 3.8) is 0 Å². The average molecular weight is 285 g/mol. The van der Waals surface area contributed by atoms with Crippen LogP contribution in [0.1, 0.15) is 23.5 Å². The summed E-state index contributed by atoms with van der Waals surface area (Å²) in [6, 6.07) is 5.00. The average Bonchev–Trinajstić information content (AvgIpc) is 2.85. The van der Waals surface area contributed by atoms with Gasteiger partial charge in [0.25, 0.3) is 0 Å². The molecule has 1 aromatic carbocycles. The van der Waals surface area contributed by atoms with Gasteiger partial charge >= 0.3 is 0 Å². The van der Waals surface area contributed by atoms with Crippen LogP contribution in [0.15, 0.2) is 29.8 Å². The van der Waals surface area contributed by atoms with E-state index >= 15 is 0 Å². The number of hydrogen-bond acceptors (Lipinski definition) is 3. The topological polar surface area (TPSA) is 24.9 Å². The summed E-state index contributed by atoms with van der Waals surface area (Å²) in [5.74, 6) is -0.372. The summed E-state index contributed by atoms with van der Waals surface area (Å²) in [6.45, 7) is 2.82. The van der Waals surface area contributed by atoms with Crippen LogP contribution in [0.2, 0.25) is 5.02 Å². The molecule has 1 heterocycles. The number of nitrogens with one attached hydrogen (secondary N) is 1. The Morgan fingerprint density at radius 3 is 3.00 bits per heavy atom. The molecule has 0 bridgehead atoms. The zero-order valence-corrected chi connectivity index (χ0v) is 11.6. The molecule has 0 aliphatic heterocycles. The standard InChI is InChI=1S/C13H14ClFN2S/c1-9(10-2-3-11(14)12(15)8-10)16-5-4-13-17-6-7-18-13/h2-3,6-9,16H,4-5H2,1H3. The van der Waals surface area contributed by atoms with Gasteiger partial charge in [0.2, 0.25) is 0 Å². The van der Waals surface area contributed by atoms with Crippen LogP contribution in [0.5, 0.6) is 0 Å². The predicted molar refractivity (Wildman–Crippen MR) is 73.6 cm³/mol. The van der Waals surface area contributed by atoms with E-state index in [4.69, 9.17) is 11.6 Å². The Labute approximate surface area is 115 Å². The fourth-order valence-corrected chi connectivity index (χ4v) is 2.41. The first-order valence-electron chi connectivity index (χ1n) is 5.73. The number of rotatable bonds is 5. The highest BCUT2D eigenvalue weighted by atomic mass is 35.5. The van der Waals surface area contributed by atoms with Gasteiger partial charge in [0.1, 0.15) is 5.82 Å². The number of halogens is 2. The number of nitrogens with zero attached hydrogens (tertiary/aromatic N) is 1. The molecule has 5 heteroatoms. The van der Waals surface area contributed by atoms with E-state index in [0.717, 1.165) is 23.5 Å². The molecule has 1 unspecified atom stereocenters. The lowest BCUT2D eigenvalue weighted by Gasteiger charge is -2.14. The summed E-state index contributed by atoms with van der Waals surface area (Å²) in [5, 5.41) is 6.58. The van der Waals surface area contributed by atoms with E-state index in [1.165, 1.54) is 6.07 Å². The molecule has 1 N–H and O–H groups in total. The molecule has 2 aromatic rings. The van der Waals surface area contributed by atoms with Gasteiger partial charge < -0.3 is 5.32 Å². The Bertz CT molecular complexity index is 502. The Kier molecular flexibility index (Phi) is 4.69. The van der Waals surface area contributed by atoms with Crippen LogP contribution in [0, 0.1) is 5.82 Å². The number of hydrogen-bond donors (Lipinski definition) is 1. The molecular formula is C13H14ClFN2S. The highest BCUT2D eigenvalue weighted by molar-refractivity contribution is 7.09. The first kappa shape index (κ1) is 13.5. The fourth-order valence-electron chi connectivity index (χ4n) is 1.67. The van der Waals surface area contributed by atoms with Crippen molar-refractivity contribution in [2.75, 3.05) is 6.54 Å². The quantitative estimate of drug-likeness (QED) is 0.903. The highest BCUT2D eigenvalue weighted by Gasteiger charge is 2.08. The number of thiazole rings is 1. The summed E-state index contributed by atoms with van der Waals surface area (Å²) in [6.07, 6.45) is 2.69. The van der Waals surface area contributed by atoms with Gasteiger partial charge in [-0.25, -0.2) is 9.37 Å². The monoisotopic (exact) mass is 284 g/mol. The zero-order valence-electron chi connectivity index (χ0n) is 9.99. The van der Waals surface area contributed by atoms with Crippen LogP contribution in [-0.2, 0) is 6.42 Å². The minimum Gasteiger partial charge on any atom is -0.310 e. The summed E-state index contributed by atoms with van der Waals surface area (Å²) in [7, 11) is 0. The number of benzene rings is 1. The molecule has 1 aromatic heterocycles. The molecule has 18 heavy (non-hydrogen) atoms. The highest BCUT2D eigenvalue weighted by Crippen LogP contribution is 2.20. The van der Waals surface area contributed by atoms with Crippen LogP contribution in [0.3, 0.4) is 0 Å². The maximum absolute atomic E-state index is 13.3. The van der Waals surface area contributed by atoms with E-state index in [-0.39, 0.29) is 16.9 Å². The largest absolute Gasteiger partial charge is 0.310 e. The van der Waals surface area contributed by atoms with Gasteiger partial charge in [-0.3, -0.25) is 0 Å². The third-order valence-corrected chi connectivity index (χ3v) is 3.86. The van der Waals surface area contributed by atoms with Gasteiger partial charge in [0.15, 0.2) is 0 Å². The molecule has 1 atom stereocenters. The summed E-state index contributed by atoms with van der Waals surface area (Å²) < 4.78 is 13.3. The van der Waals surface area contributed by atoms with Crippen LogP contribution < -0.4 is 5.32 Å². The van der Waals surface area contributed by atoms with Crippen molar-refractivity contribution in [1.29, 1.82) is 0 Å². The van der Waals surface area contributed by atoms with Gasteiger partial charge in [-0.05, 0) is 24.6 Å². The lowest BCUT2D eigenvalue weighted by molar-refractivity contribution is 0.567. The predicted octanol–water partition coefficient (Wildman–Crippen LogP) is 3.83. The maximum Gasteiger partial charge on any atom is 0.142 e. The van der Waals surface area contributed by atoms with Crippen molar-refractivity contribution in [3.05, 3.63) is 51.2 Å². The van der Waals surface area contributed by atoms with E-state index in [2.05, 4.69) is 10.3 Å². The van der Waals surface area contributed by atoms with Crippen molar-refractivity contribution in [3.8, 4) is 0 Å². The lowest BCUT2D eigenvalue weighted by atomic mass is 10.1. The van der Waals surface area contributed by atoms with Gasteiger partial charge in [-0.2, -0.15) is 0 Å². The van der Waals surface area contributed by atoms with E-state index in [9.17, 15) is 4.39 Å². The van der Waals surface area contributed by atoms with Gasteiger partial charge in [-0.15, -0.1) is 11.3 Å². The molecule has 2 nitrogen and oxygen atoms in total.